The van der Waals surface area contributed by atoms with Crippen LogP contribution in [-0.4, -0.2) is 12.0 Å². The number of hydrogen-bond donors (Lipinski definition) is 1. The summed E-state index contributed by atoms with van der Waals surface area (Å²) >= 11 is 0. The van der Waals surface area contributed by atoms with Crippen LogP contribution >= 0.6 is 0 Å². The molecule has 1 unspecified atom stereocenters. The number of nitrogens with one attached hydrogen (secondary N) is 1. The minimum absolute atomic E-state index is 0.0678. The maximum absolute atomic E-state index is 13.4. The Labute approximate surface area is 111 Å². The quantitative estimate of drug-likeness (QED) is 0.915. The average Bonchev–Trinajstić information content (AvgIpc) is 2.42. The van der Waals surface area contributed by atoms with Crippen LogP contribution in [0.15, 0.2) is 54.6 Å². The molecule has 0 aromatic heterocycles. The normalized spacial score (nSPS) is 11.7. The van der Waals surface area contributed by atoms with Crippen molar-refractivity contribution in [2.24, 2.45) is 0 Å². The van der Waals surface area contributed by atoms with Crippen LogP contribution in [0.25, 0.3) is 0 Å². The van der Waals surface area contributed by atoms with E-state index in [0.717, 1.165) is 0 Å². The average molecular weight is 259 g/mol. The summed E-state index contributed by atoms with van der Waals surface area (Å²) in [7, 11) is 0. The van der Waals surface area contributed by atoms with Gasteiger partial charge in [-0.1, -0.05) is 30.3 Å². The molecule has 0 bridgehead atoms. The lowest BCUT2D eigenvalue weighted by Gasteiger charge is -2.15. The van der Waals surface area contributed by atoms with Gasteiger partial charge in [0.1, 0.15) is 0 Å². The lowest BCUT2D eigenvalue weighted by atomic mass is 10.3. The van der Waals surface area contributed by atoms with Crippen LogP contribution in [0, 0.1) is 5.82 Å². The Bertz CT molecular complexity index is 557. The van der Waals surface area contributed by atoms with E-state index < -0.39 is 11.9 Å². The van der Waals surface area contributed by atoms with Crippen molar-refractivity contribution in [3.8, 4) is 5.75 Å². The van der Waals surface area contributed by atoms with Gasteiger partial charge in [0.05, 0.1) is 0 Å². The van der Waals surface area contributed by atoms with Crippen LogP contribution in [0.3, 0.4) is 0 Å². The lowest BCUT2D eigenvalue weighted by molar-refractivity contribution is -0.122. The van der Waals surface area contributed by atoms with E-state index in [-0.39, 0.29) is 11.7 Å². The molecule has 2 aromatic rings. The van der Waals surface area contributed by atoms with E-state index in [1.54, 1.807) is 31.2 Å². The Morgan fingerprint density at radius 1 is 1.11 bits per heavy atom. The lowest BCUT2D eigenvalue weighted by Crippen LogP contribution is -2.30. The molecule has 0 heterocycles. The summed E-state index contributed by atoms with van der Waals surface area (Å²) in [5.74, 6) is -0.741. The van der Waals surface area contributed by atoms with Gasteiger partial charge in [-0.2, -0.15) is 0 Å². The predicted molar refractivity (Wildman–Crippen MR) is 71.6 cm³/mol. The number of carbonyl (C=O) groups excluding carboxylic acids is 1. The van der Waals surface area contributed by atoms with Gasteiger partial charge in [-0.25, -0.2) is 4.39 Å². The Morgan fingerprint density at radius 2 is 1.74 bits per heavy atom. The summed E-state index contributed by atoms with van der Waals surface area (Å²) in [5, 5.41) is 2.70. The molecule has 2 aromatic carbocycles. The molecule has 0 aliphatic rings. The van der Waals surface area contributed by atoms with Crippen molar-refractivity contribution in [2.45, 2.75) is 13.0 Å². The van der Waals surface area contributed by atoms with Crippen LogP contribution < -0.4 is 10.1 Å². The molecule has 1 atom stereocenters. The Morgan fingerprint density at radius 3 is 2.42 bits per heavy atom. The van der Waals surface area contributed by atoms with E-state index in [2.05, 4.69) is 5.32 Å². The molecule has 1 amide bonds. The SMILES string of the molecule is CC(Oc1ccccc1F)C(=O)Nc1ccccc1. The number of hydrogen-bond acceptors (Lipinski definition) is 2. The smallest absolute Gasteiger partial charge is 0.265 e. The highest BCUT2D eigenvalue weighted by Gasteiger charge is 2.16. The molecule has 0 aliphatic carbocycles. The summed E-state index contributed by atoms with van der Waals surface area (Å²) in [5.41, 5.74) is 0.677. The zero-order valence-electron chi connectivity index (χ0n) is 10.5. The first kappa shape index (κ1) is 13.1. The second-order valence-corrected chi connectivity index (χ2v) is 4.05. The van der Waals surface area contributed by atoms with E-state index in [9.17, 15) is 9.18 Å². The molecule has 4 heteroatoms. The summed E-state index contributed by atoms with van der Waals surface area (Å²) in [6.07, 6.45) is -0.780. The molecule has 0 radical (unpaired) electrons. The first-order chi connectivity index (χ1) is 9.16. The number of rotatable bonds is 4. The van der Waals surface area contributed by atoms with Gasteiger partial charge in [0.2, 0.25) is 0 Å². The van der Waals surface area contributed by atoms with Gasteiger partial charge >= 0.3 is 0 Å². The Balaban J connectivity index is 1.98. The number of ether oxygens (including phenoxy) is 1. The standard InChI is InChI=1S/C15H14FNO2/c1-11(19-14-10-6-5-9-13(14)16)15(18)17-12-7-3-2-4-8-12/h2-11H,1H3,(H,17,18). The maximum atomic E-state index is 13.4. The second kappa shape index (κ2) is 6.00. The van der Waals surface area contributed by atoms with Crippen molar-refractivity contribution in [2.75, 3.05) is 5.32 Å². The molecular formula is C15H14FNO2. The number of benzene rings is 2. The second-order valence-electron chi connectivity index (χ2n) is 4.05. The molecule has 3 nitrogen and oxygen atoms in total. The van der Waals surface area contributed by atoms with Gasteiger partial charge in [-0.3, -0.25) is 4.79 Å². The molecule has 0 spiro atoms. The van der Waals surface area contributed by atoms with Crippen LogP contribution in [0.4, 0.5) is 10.1 Å². The number of anilines is 1. The molecule has 19 heavy (non-hydrogen) atoms. The highest BCUT2D eigenvalue weighted by molar-refractivity contribution is 5.94. The predicted octanol–water partition coefficient (Wildman–Crippen LogP) is 3.23. The molecule has 0 aliphatic heterocycles. The topological polar surface area (TPSA) is 38.3 Å². The minimum Gasteiger partial charge on any atom is -0.478 e. The van der Waals surface area contributed by atoms with E-state index >= 15 is 0 Å². The molecular weight excluding hydrogens is 245 g/mol. The van der Waals surface area contributed by atoms with Crippen molar-refractivity contribution in [1.82, 2.24) is 0 Å². The summed E-state index contributed by atoms with van der Waals surface area (Å²) in [4.78, 5) is 11.9. The summed E-state index contributed by atoms with van der Waals surface area (Å²) in [6, 6.07) is 15.0. The molecule has 0 saturated carbocycles. The van der Waals surface area contributed by atoms with E-state index in [1.807, 2.05) is 18.2 Å². The third kappa shape index (κ3) is 3.55. The fraction of sp³-hybridized carbons (Fsp3) is 0.133. The molecule has 1 N–H and O–H groups in total. The maximum Gasteiger partial charge on any atom is 0.265 e. The highest BCUT2D eigenvalue weighted by Crippen LogP contribution is 2.17. The van der Waals surface area contributed by atoms with Crippen molar-refractivity contribution in [3.63, 3.8) is 0 Å². The van der Waals surface area contributed by atoms with Gasteiger partial charge in [0.15, 0.2) is 17.7 Å². The number of carbonyl (C=O) groups is 1. The Kier molecular flexibility index (Phi) is 4.13. The van der Waals surface area contributed by atoms with Crippen LogP contribution in [0.2, 0.25) is 0 Å². The summed E-state index contributed by atoms with van der Waals surface area (Å²) in [6.45, 7) is 1.57. The monoisotopic (exact) mass is 259 g/mol. The fourth-order valence-electron chi connectivity index (χ4n) is 1.55. The van der Waals surface area contributed by atoms with Crippen LogP contribution in [-0.2, 0) is 4.79 Å². The summed E-state index contributed by atoms with van der Waals surface area (Å²) < 4.78 is 18.7. The van der Waals surface area contributed by atoms with Gasteiger partial charge in [0, 0.05) is 5.69 Å². The molecule has 98 valence electrons. The number of para-hydroxylation sites is 2. The first-order valence-electron chi connectivity index (χ1n) is 5.94. The number of halogens is 1. The van der Waals surface area contributed by atoms with Gasteiger partial charge in [-0.05, 0) is 31.2 Å². The molecule has 2 rings (SSSR count). The van der Waals surface area contributed by atoms with E-state index in [4.69, 9.17) is 4.74 Å². The minimum atomic E-state index is -0.780. The van der Waals surface area contributed by atoms with Gasteiger partial charge in [0.25, 0.3) is 5.91 Å². The highest BCUT2D eigenvalue weighted by atomic mass is 19.1. The zero-order valence-corrected chi connectivity index (χ0v) is 10.5. The van der Waals surface area contributed by atoms with Crippen molar-refractivity contribution in [3.05, 3.63) is 60.4 Å². The van der Waals surface area contributed by atoms with Crippen molar-refractivity contribution < 1.29 is 13.9 Å². The van der Waals surface area contributed by atoms with Crippen molar-refractivity contribution >= 4 is 11.6 Å². The molecule has 0 fully saturated rings. The largest absolute Gasteiger partial charge is 0.478 e. The van der Waals surface area contributed by atoms with Gasteiger partial charge in [-0.15, -0.1) is 0 Å². The van der Waals surface area contributed by atoms with Crippen LogP contribution in [0.5, 0.6) is 5.75 Å². The van der Waals surface area contributed by atoms with Crippen LogP contribution in [0.1, 0.15) is 6.92 Å². The zero-order chi connectivity index (χ0) is 13.7. The van der Waals surface area contributed by atoms with E-state index in [0.29, 0.717) is 5.69 Å². The third-order valence-corrected chi connectivity index (χ3v) is 2.55. The third-order valence-electron chi connectivity index (χ3n) is 2.55. The fourth-order valence-corrected chi connectivity index (χ4v) is 1.55. The first-order valence-corrected chi connectivity index (χ1v) is 5.94. The van der Waals surface area contributed by atoms with Crippen molar-refractivity contribution in [1.29, 1.82) is 0 Å². The number of amides is 1. The van der Waals surface area contributed by atoms with E-state index in [1.165, 1.54) is 12.1 Å². The van der Waals surface area contributed by atoms with Gasteiger partial charge < -0.3 is 10.1 Å². The Hall–Kier alpha value is -2.36. The molecule has 0 saturated heterocycles.